The average Bonchev–Trinajstić information content (AvgIpc) is 2.97. The molecule has 0 unspecified atom stereocenters. The number of likely N-dealkylation sites (N-methyl/N-ethyl adjacent to an activating group) is 1. The van der Waals surface area contributed by atoms with Gasteiger partial charge in [0.15, 0.2) is 0 Å². The number of carbonyl (C=O) groups is 3. The molecule has 4 rings (SSSR count). The monoisotopic (exact) mass is 427 g/mol. The number of imide groups is 1. The first kappa shape index (κ1) is 21.0. The van der Waals surface area contributed by atoms with Gasteiger partial charge in [0, 0.05) is 19.6 Å². The van der Waals surface area contributed by atoms with Crippen molar-refractivity contribution in [3.63, 3.8) is 0 Å². The van der Waals surface area contributed by atoms with Gasteiger partial charge in [-0.3, -0.25) is 14.5 Å². The van der Waals surface area contributed by atoms with Crippen LogP contribution in [0.3, 0.4) is 0 Å². The molecule has 0 bridgehead atoms. The maximum atomic E-state index is 13.9. The van der Waals surface area contributed by atoms with Gasteiger partial charge in [-0.1, -0.05) is 24.3 Å². The van der Waals surface area contributed by atoms with Crippen molar-refractivity contribution in [2.24, 2.45) is 5.41 Å². The van der Waals surface area contributed by atoms with Crippen molar-refractivity contribution in [3.05, 3.63) is 65.7 Å². The number of halogens is 2. The van der Waals surface area contributed by atoms with E-state index in [9.17, 15) is 23.2 Å². The minimum atomic E-state index is -0.973. The molecule has 4 amide bonds. The number of likely N-dealkylation sites (tertiary alicyclic amines) is 2. The maximum Gasteiger partial charge on any atom is 0.321 e. The number of urea groups is 1. The quantitative estimate of drug-likeness (QED) is 0.759. The molecule has 6 nitrogen and oxygen atoms in total. The second kappa shape index (κ2) is 8.09. The molecule has 0 aromatic heterocycles. The van der Waals surface area contributed by atoms with Crippen LogP contribution in [-0.4, -0.2) is 47.3 Å². The Bertz CT molecular complexity index is 1020. The molecule has 31 heavy (non-hydrogen) atoms. The van der Waals surface area contributed by atoms with Gasteiger partial charge < -0.3 is 10.2 Å². The summed E-state index contributed by atoms with van der Waals surface area (Å²) in [6.45, 7) is 2.49. The Kier molecular flexibility index (Phi) is 5.47. The smallest absolute Gasteiger partial charge is 0.321 e. The third kappa shape index (κ3) is 3.56. The lowest BCUT2D eigenvalue weighted by Gasteiger charge is -2.40. The molecule has 8 heteroatoms. The highest BCUT2D eigenvalue weighted by atomic mass is 19.1. The molecule has 1 atom stereocenters. The van der Waals surface area contributed by atoms with E-state index in [2.05, 4.69) is 5.32 Å². The van der Waals surface area contributed by atoms with Crippen LogP contribution in [0.15, 0.2) is 48.5 Å². The Labute approximate surface area is 178 Å². The van der Waals surface area contributed by atoms with E-state index in [1.807, 2.05) is 0 Å². The van der Waals surface area contributed by atoms with Crippen molar-refractivity contribution < 1.29 is 23.2 Å². The summed E-state index contributed by atoms with van der Waals surface area (Å²) in [6, 6.07) is 11.1. The molecule has 0 saturated carbocycles. The van der Waals surface area contributed by atoms with Crippen LogP contribution >= 0.6 is 0 Å². The largest absolute Gasteiger partial charge is 0.324 e. The Morgan fingerprint density at radius 1 is 1.06 bits per heavy atom. The number of hydrogen-bond acceptors (Lipinski definition) is 3. The lowest BCUT2D eigenvalue weighted by molar-refractivity contribution is -0.142. The minimum absolute atomic E-state index is 0.0845. The highest BCUT2D eigenvalue weighted by Gasteiger charge is 2.60. The predicted molar refractivity (Wildman–Crippen MR) is 110 cm³/mol. The van der Waals surface area contributed by atoms with Gasteiger partial charge in [0.25, 0.3) is 0 Å². The molecular formula is C23H23F2N3O3. The number of benzene rings is 2. The molecule has 2 fully saturated rings. The normalized spacial score (nSPS) is 20.4. The summed E-state index contributed by atoms with van der Waals surface area (Å²) in [5, 5.41) is 2.56. The topological polar surface area (TPSA) is 69.7 Å². The van der Waals surface area contributed by atoms with Gasteiger partial charge in [0.1, 0.15) is 11.6 Å². The second-order valence-electron chi connectivity index (χ2n) is 7.93. The van der Waals surface area contributed by atoms with Crippen molar-refractivity contribution in [2.75, 3.05) is 25.0 Å². The fourth-order valence-corrected chi connectivity index (χ4v) is 4.67. The van der Waals surface area contributed by atoms with Crippen LogP contribution in [-0.2, 0) is 9.59 Å². The first-order chi connectivity index (χ1) is 14.9. The third-order valence-corrected chi connectivity index (χ3v) is 6.31. The first-order valence-electron chi connectivity index (χ1n) is 10.3. The summed E-state index contributed by atoms with van der Waals surface area (Å²) in [7, 11) is 0. The van der Waals surface area contributed by atoms with Crippen LogP contribution in [0.2, 0.25) is 0 Å². The van der Waals surface area contributed by atoms with Crippen LogP contribution < -0.4 is 5.32 Å². The zero-order valence-corrected chi connectivity index (χ0v) is 17.1. The lowest BCUT2D eigenvalue weighted by Crippen LogP contribution is -2.49. The Morgan fingerprint density at radius 3 is 2.32 bits per heavy atom. The summed E-state index contributed by atoms with van der Waals surface area (Å²) in [5.74, 6) is -2.19. The number of piperidine rings is 1. The van der Waals surface area contributed by atoms with Crippen LogP contribution in [0, 0.1) is 17.0 Å². The van der Waals surface area contributed by atoms with Crippen molar-refractivity contribution in [3.8, 4) is 0 Å². The Morgan fingerprint density at radius 2 is 1.71 bits per heavy atom. The summed E-state index contributed by atoms with van der Waals surface area (Å²) in [6.07, 6.45) is 0.585. The van der Waals surface area contributed by atoms with E-state index in [0.29, 0.717) is 18.4 Å². The van der Waals surface area contributed by atoms with E-state index in [0.717, 1.165) is 0 Å². The molecule has 2 saturated heterocycles. The van der Waals surface area contributed by atoms with Crippen molar-refractivity contribution in [2.45, 2.75) is 25.7 Å². The molecule has 0 aliphatic carbocycles. The van der Waals surface area contributed by atoms with E-state index in [1.165, 1.54) is 40.1 Å². The van der Waals surface area contributed by atoms with Crippen LogP contribution in [0.1, 0.15) is 31.2 Å². The molecule has 2 aliphatic rings. The zero-order chi connectivity index (χ0) is 22.2. The summed E-state index contributed by atoms with van der Waals surface area (Å²) in [5.41, 5.74) is -0.291. The van der Waals surface area contributed by atoms with Gasteiger partial charge in [0.05, 0.1) is 17.0 Å². The van der Waals surface area contributed by atoms with Gasteiger partial charge in [-0.2, -0.15) is 0 Å². The summed E-state index contributed by atoms with van der Waals surface area (Å²) in [4.78, 5) is 41.7. The van der Waals surface area contributed by atoms with Gasteiger partial charge >= 0.3 is 6.03 Å². The molecule has 2 aromatic carbocycles. The Balaban J connectivity index is 1.56. The molecule has 1 spiro atoms. The molecule has 2 heterocycles. The van der Waals surface area contributed by atoms with E-state index >= 15 is 0 Å². The lowest BCUT2D eigenvalue weighted by atomic mass is 9.67. The Hall–Kier alpha value is -3.29. The number of nitrogens with one attached hydrogen (secondary N) is 1. The summed E-state index contributed by atoms with van der Waals surface area (Å²) < 4.78 is 27.3. The fourth-order valence-electron chi connectivity index (χ4n) is 4.67. The van der Waals surface area contributed by atoms with Gasteiger partial charge in [-0.15, -0.1) is 0 Å². The molecular weight excluding hydrogens is 404 g/mol. The number of carbonyl (C=O) groups excluding carboxylic acids is 3. The van der Waals surface area contributed by atoms with Crippen LogP contribution in [0.25, 0.3) is 0 Å². The van der Waals surface area contributed by atoms with E-state index in [4.69, 9.17) is 0 Å². The van der Waals surface area contributed by atoms with E-state index in [-0.39, 0.29) is 37.1 Å². The van der Waals surface area contributed by atoms with E-state index < -0.39 is 29.0 Å². The third-order valence-electron chi connectivity index (χ3n) is 6.31. The van der Waals surface area contributed by atoms with Crippen molar-refractivity contribution in [1.82, 2.24) is 9.80 Å². The molecule has 1 N–H and O–H groups in total. The highest BCUT2D eigenvalue weighted by molar-refractivity contribution is 6.10. The summed E-state index contributed by atoms with van der Waals surface area (Å²) >= 11 is 0. The van der Waals surface area contributed by atoms with Crippen molar-refractivity contribution >= 4 is 23.5 Å². The van der Waals surface area contributed by atoms with E-state index in [1.54, 1.807) is 25.1 Å². The number of rotatable bonds is 3. The van der Waals surface area contributed by atoms with Gasteiger partial charge in [0.2, 0.25) is 11.8 Å². The number of amides is 4. The van der Waals surface area contributed by atoms with Gasteiger partial charge in [-0.05, 0) is 49.6 Å². The minimum Gasteiger partial charge on any atom is -0.324 e. The fraction of sp³-hybridized carbons (Fsp3) is 0.348. The SMILES string of the molecule is CCN1C(=O)[C@H](c2ccc(F)cc2)C2(CCN(C(=O)Nc3ccccc3F)CC2)C1=O. The van der Waals surface area contributed by atoms with Crippen molar-refractivity contribution in [1.29, 1.82) is 0 Å². The van der Waals surface area contributed by atoms with Crippen LogP contribution in [0.4, 0.5) is 19.3 Å². The van der Waals surface area contributed by atoms with Crippen LogP contribution in [0.5, 0.6) is 0 Å². The molecule has 0 radical (unpaired) electrons. The number of para-hydroxylation sites is 1. The average molecular weight is 427 g/mol. The van der Waals surface area contributed by atoms with Gasteiger partial charge in [-0.25, -0.2) is 13.6 Å². The molecule has 162 valence electrons. The first-order valence-corrected chi connectivity index (χ1v) is 10.3. The number of hydrogen-bond donors (Lipinski definition) is 1. The number of anilines is 1. The predicted octanol–water partition coefficient (Wildman–Crippen LogP) is 3.75. The second-order valence-corrected chi connectivity index (χ2v) is 7.93. The zero-order valence-electron chi connectivity index (χ0n) is 17.1. The maximum absolute atomic E-state index is 13.9. The standard InChI is InChI=1S/C23H23F2N3O3/c1-2-28-20(29)19(15-7-9-16(24)10-8-15)23(21(28)30)11-13-27(14-12-23)22(31)26-18-6-4-3-5-17(18)25/h3-10,19H,2,11-14H2,1H3,(H,26,31)/t19-/m0/s1. The molecule has 2 aromatic rings. The number of nitrogens with zero attached hydrogens (tertiary/aromatic N) is 2. The highest BCUT2D eigenvalue weighted by Crippen LogP contribution is 2.51. The molecule has 2 aliphatic heterocycles.